The first kappa shape index (κ1) is 14.8. The number of carbonyl (C=O) groups is 2. The highest BCUT2D eigenvalue weighted by Crippen LogP contribution is 2.20. The number of carbonyl (C=O) groups excluding carboxylic acids is 2. The monoisotopic (exact) mass is 258 g/mol. The molecule has 2 amide bonds. The molecule has 0 unspecified atom stereocenters. The molecule has 0 radical (unpaired) electrons. The first-order chi connectivity index (χ1) is 8.24. The van der Waals surface area contributed by atoms with Crippen molar-refractivity contribution in [3.63, 3.8) is 0 Å². The largest absolute Gasteiger partial charge is 0.444 e. The zero-order valence-electron chi connectivity index (χ0n) is 11.4. The zero-order valence-corrected chi connectivity index (χ0v) is 11.4. The van der Waals surface area contributed by atoms with E-state index in [1.165, 1.54) is 11.9 Å². The van der Waals surface area contributed by atoms with Gasteiger partial charge in [0.25, 0.3) is 0 Å². The zero-order chi connectivity index (χ0) is 13.9. The number of ether oxygens (including phenoxy) is 1. The number of aliphatic hydroxyl groups excluding tert-OH is 1. The van der Waals surface area contributed by atoms with Crippen molar-refractivity contribution in [2.75, 3.05) is 13.6 Å². The number of rotatable bonds is 1. The third-order valence-corrected chi connectivity index (χ3v) is 2.73. The SMILES string of the molecule is CNC(=O)[C@H]1CC[C@@H](O)CN1C(=O)OC(C)(C)C. The van der Waals surface area contributed by atoms with Gasteiger partial charge in [-0.3, -0.25) is 9.69 Å². The Hall–Kier alpha value is -1.30. The number of piperidine rings is 1. The van der Waals surface area contributed by atoms with Crippen LogP contribution >= 0.6 is 0 Å². The van der Waals surface area contributed by atoms with Crippen molar-refractivity contribution in [2.24, 2.45) is 0 Å². The molecule has 2 N–H and O–H groups in total. The summed E-state index contributed by atoms with van der Waals surface area (Å²) in [5, 5.41) is 12.1. The van der Waals surface area contributed by atoms with E-state index >= 15 is 0 Å². The van der Waals surface area contributed by atoms with Crippen LogP contribution in [0.4, 0.5) is 4.79 Å². The Bertz CT molecular complexity index is 325. The van der Waals surface area contributed by atoms with Gasteiger partial charge in [0.15, 0.2) is 0 Å². The van der Waals surface area contributed by atoms with E-state index in [2.05, 4.69) is 5.32 Å². The van der Waals surface area contributed by atoms with E-state index in [0.717, 1.165) is 0 Å². The molecular weight excluding hydrogens is 236 g/mol. The van der Waals surface area contributed by atoms with Gasteiger partial charge < -0.3 is 15.2 Å². The summed E-state index contributed by atoms with van der Waals surface area (Å²) >= 11 is 0. The van der Waals surface area contributed by atoms with Crippen LogP contribution in [0.1, 0.15) is 33.6 Å². The van der Waals surface area contributed by atoms with Crippen molar-refractivity contribution in [1.82, 2.24) is 10.2 Å². The van der Waals surface area contributed by atoms with Gasteiger partial charge >= 0.3 is 6.09 Å². The second-order valence-corrected chi connectivity index (χ2v) is 5.49. The standard InChI is InChI=1S/C12H22N2O4/c1-12(2,3)18-11(17)14-7-8(15)5-6-9(14)10(16)13-4/h8-9,15H,5-7H2,1-4H3,(H,13,16)/t8-,9-/m1/s1. The van der Waals surface area contributed by atoms with Crippen LogP contribution in [-0.2, 0) is 9.53 Å². The number of amides is 2. The van der Waals surface area contributed by atoms with Crippen LogP contribution in [-0.4, -0.2) is 53.3 Å². The highest BCUT2D eigenvalue weighted by atomic mass is 16.6. The third kappa shape index (κ3) is 3.87. The van der Waals surface area contributed by atoms with Gasteiger partial charge in [-0.1, -0.05) is 0 Å². The van der Waals surface area contributed by atoms with Gasteiger partial charge in [0, 0.05) is 7.05 Å². The molecule has 0 aromatic heterocycles. The van der Waals surface area contributed by atoms with Crippen molar-refractivity contribution in [1.29, 1.82) is 0 Å². The quantitative estimate of drug-likeness (QED) is 0.717. The lowest BCUT2D eigenvalue weighted by Crippen LogP contribution is -2.55. The molecule has 1 fully saturated rings. The molecule has 0 aromatic rings. The molecule has 0 spiro atoms. The Labute approximate surface area is 107 Å². The normalized spacial score (nSPS) is 24.6. The smallest absolute Gasteiger partial charge is 0.411 e. The van der Waals surface area contributed by atoms with Crippen LogP contribution in [0, 0.1) is 0 Å². The molecule has 1 aliphatic rings. The fourth-order valence-corrected chi connectivity index (χ4v) is 1.91. The molecule has 1 saturated heterocycles. The Morgan fingerprint density at radius 1 is 1.33 bits per heavy atom. The fourth-order valence-electron chi connectivity index (χ4n) is 1.91. The first-order valence-electron chi connectivity index (χ1n) is 6.14. The maximum Gasteiger partial charge on any atom is 0.411 e. The van der Waals surface area contributed by atoms with Gasteiger partial charge in [-0.15, -0.1) is 0 Å². The van der Waals surface area contributed by atoms with Crippen LogP contribution in [0.5, 0.6) is 0 Å². The number of likely N-dealkylation sites (N-methyl/N-ethyl adjacent to an activating group) is 1. The molecule has 18 heavy (non-hydrogen) atoms. The second kappa shape index (κ2) is 5.56. The Morgan fingerprint density at radius 3 is 2.44 bits per heavy atom. The summed E-state index contributed by atoms with van der Waals surface area (Å²) < 4.78 is 5.25. The minimum absolute atomic E-state index is 0.132. The third-order valence-electron chi connectivity index (χ3n) is 2.73. The second-order valence-electron chi connectivity index (χ2n) is 5.49. The number of nitrogens with zero attached hydrogens (tertiary/aromatic N) is 1. The number of hydrogen-bond acceptors (Lipinski definition) is 4. The predicted octanol–water partition coefficient (Wildman–Crippen LogP) is 0.493. The molecule has 2 atom stereocenters. The van der Waals surface area contributed by atoms with Gasteiger partial charge in [0.1, 0.15) is 11.6 Å². The van der Waals surface area contributed by atoms with Gasteiger partial charge in [-0.2, -0.15) is 0 Å². The number of β-amino-alcohol motifs (C(OH)–C–C–N with tert-alkyl or cyclic N) is 1. The summed E-state index contributed by atoms with van der Waals surface area (Å²) in [6.45, 7) is 5.42. The average Bonchev–Trinajstić information content (AvgIpc) is 2.25. The summed E-state index contributed by atoms with van der Waals surface area (Å²) in [7, 11) is 1.53. The minimum Gasteiger partial charge on any atom is -0.444 e. The van der Waals surface area contributed by atoms with E-state index in [-0.39, 0.29) is 12.5 Å². The van der Waals surface area contributed by atoms with Crippen LogP contribution in [0.3, 0.4) is 0 Å². The van der Waals surface area contributed by atoms with Crippen molar-refractivity contribution in [3.8, 4) is 0 Å². The lowest BCUT2D eigenvalue weighted by atomic mass is 10.00. The number of nitrogens with one attached hydrogen (secondary N) is 1. The van der Waals surface area contributed by atoms with Gasteiger partial charge in [-0.05, 0) is 33.6 Å². The fraction of sp³-hybridized carbons (Fsp3) is 0.833. The molecule has 0 aromatic carbocycles. The summed E-state index contributed by atoms with van der Waals surface area (Å²) in [5.74, 6) is -0.229. The minimum atomic E-state index is -0.618. The molecular formula is C12H22N2O4. The van der Waals surface area contributed by atoms with Gasteiger partial charge in [0.2, 0.25) is 5.91 Å². The van der Waals surface area contributed by atoms with Gasteiger partial charge in [-0.25, -0.2) is 4.79 Å². The van der Waals surface area contributed by atoms with Crippen LogP contribution in [0.15, 0.2) is 0 Å². The molecule has 6 nitrogen and oxygen atoms in total. The van der Waals surface area contributed by atoms with Crippen molar-refractivity contribution < 1.29 is 19.4 Å². The van der Waals surface area contributed by atoms with E-state index in [9.17, 15) is 14.7 Å². The molecule has 0 aliphatic carbocycles. The molecule has 1 rings (SSSR count). The summed E-state index contributed by atoms with van der Waals surface area (Å²) in [6, 6.07) is -0.562. The number of likely N-dealkylation sites (tertiary alicyclic amines) is 1. The Morgan fingerprint density at radius 2 is 1.94 bits per heavy atom. The van der Waals surface area contributed by atoms with Crippen molar-refractivity contribution in [2.45, 2.75) is 51.4 Å². The van der Waals surface area contributed by atoms with E-state index in [1.807, 2.05) is 0 Å². The molecule has 0 saturated carbocycles. The number of hydrogen-bond donors (Lipinski definition) is 2. The van der Waals surface area contributed by atoms with Crippen LogP contribution < -0.4 is 5.32 Å². The number of aliphatic hydroxyl groups is 1. The van der Waals surface area contributed by atoms with Crippen molar-refractivity contribution in [3.05, 3.63) is 0 Å². The lowest BCUT2D eigenvalue weighted by molar-refractivity contribution is -0.128. The van der Waals surface area contributed by atoms with Gasteiger partial charge in [0.05, 0.1) is 12.6 Å². The summed E-state index contributed by atoms with van der Waals surface area (Å²) in [4.78, 5) is 25.0. The summed E-state index contributed by atoms with van der Waals surface area (Å²) in [6.07, 6.45) is -0.203. The van der Waals surface area contributed by atoms with E-state index in [0.29, 0.717) is 12.8 Å². The highest BCUT2D eigenvalue weighted by molar-refractivity contribution is 5.85. The molecule has 1 aliphatic heterocycles. The van der Waals surface area contributed by atoms with Crippen LogP contribution in [0.2, 0.25) is 0 Å². The summed E-state index contributed by atoms with van der Waals surface area (Å²) in [5.41, 5.74) is -0.618. The average molecular weight is 258 g/mol. The van der Waals surface area contributed by atoms with Crippen LogP contribution in [0.25, 0.3) is 0 Å². The molecule has 6 heteroatoms. The van der Waals surface area contributed by atoms with E-state index < -0.39 is 23.8 Å². The maximum absolute atomic E-state index is 12.0. The lowest BCUT2D eigenvalue weighted by Gasteiger charge is -2.37. The molecule has 104 valence electrons. The first-order valence-corrected chi connectivity index (χ1v) is 6.14. The maximum atomic E-state index is 12.0. The van der Waals surface area contributed by atoms with Crippen molar-refractivity contribution >= 4 is 12.0 Å². The Kier molecular flexibility index (Phi) is 4.56. The van der Waals surface area contributed by atoms with E-state index in [4.69, 9.17) is 4.74 Å². The molecule has 0 bridgehead atoms. The highest BCUT2D eigenvalue weighted by Gasteiger charge is 2.37. The van der Waals surface area contributed by atoms with E-state index in [1.54, 1.807) is 20.8 Å². The predicted molar refractivity (Wildman–Crippen MR) is 66.0 cm³/mol. The molecule has 1 heterocycles. The Balaban J connectivity index is 2.78. The topological polar surface area (TPSA) is 78.9 Å².